The zero-order valence-electron chi connectivity index (χ0n) is 41.4. The molecule has 0 heterocycles. The molecule has 0 saturated heterocycles. The highest BCUT2D eigenvalue weighted by Crippen LogP contribution is 2.52. The van der Waals surface area contributed by atoms with Crippen molar-refractivity contribution in [1.29, 1.82) is 0 Å². The van der Waals surface area contributed by atoms with Crippen molar-refractivity contribution in [3.8, 4) is 0 Å². The molecule has 0 aliphatic heterocycles. The summed E-state index contributed by atoms with van der Waals surface area (Å²) in [5.41, 5.74) is 0. The third kappa shape index (κ3) is 30.1. The van der Waals surface area contributed by atoms with Crippen LogP contribution in [0.5, 0.6) is 0 Å². The van der Waals surface area contributed by atoms with Crippen LogP contribution in [0.25, 0.3) is 0 Å². The molecule has 2 N–H and O–H groups in total. The first-order chi connectivity index (χ1) is 31.6. The lowest BCUT2D eigenvalue weighted by molar-refractivity contribution is -0.283. The maximum absolute atomic E-state index is 14.2. The first-order valence-electron chi connectivity index (χ1n) is 25.1. The average Bonchev–Trinajstić information content (AvgIpc) is 3.30. The van der Waals surface area contributed by atoms with Gasteiger partial charge in [0.25, 0.3) is 0 Å². The molecule has 17 heteroatoms. The molecule has 1 saturated carbocycles. The Kier molecular flexibility index (Phi) is 39.6. The van der Waals surface area contributed by atoms with Gasteiger partial charge in [0.1, 0.15) is 63.6 Å². The van der Waals surface area contributed by atoms with Crippen molar-refractivity contribution in [3.05, 3.63) is 0 Å². The van der Waals surface area contributed by atoms with E-state index in [0.29, 0.717) is 12.8 Å². The van der Waals surface area contributed by atoms with Gasteiger partial charge in [-0.15, -0.1) is 0 Å². The topological polar surface area (TPSA) is 193 Å². The smallest absolute Gasteiger partial charge is 0.462 e. The SMILES string of the molecule is CCCCCCCCCCCCCCCC(=O)OC[C@H](COP(=O)(OC)O[C@H]1[C@H](OCOC)[C@@H](OCOC)[C@H](O)[C@@H](O)[C@H]1OCOC)OC(=O)CCCCCCCCCCCCCCC. The standard InChI is InChI=1S/C48H93O16P/c1-7-9-11-13-15-17-19-21-23-25-27-29-31-33-41(49)58-35-40(63-42(50)34-32-30-28-26-24-22-20-18-16-14-12-10-8-2)36-62-65(53,57-6)64-48-46(60-38-55-4)44(52)43(51)45(59-37-54-3)47(48)61-39-56-5/h40,43-48,51-52H,7-39H2,1-6H3/t40-,43-,44-,45+,46-,47-,48-,65?/m1/s1. The molecule has 0 spiro atoms. The molecule has 0 aromatic carbocycles. The third-order valence-electron chi connectivity index (χ3n) is 11.7. The van der Waals surface area contributed by atoms with E-state index in [4.69, 9.17) is 51.5 Å². The number of carbonyl (C=O) groups is 2. The fourth-order valence-electron chi connectivity index (χ4n) is 7.93. The number of carbonyl (C=O) groups excluding carboxylic acids is 2. The van der Waals surface area contributed by atoms with E-state index in [1.54, 1.807) is 0 Å². The van der Waals surface area contributed by atoms with Gasteiger partial charge in [-0.2, -0.15) is 0 Å². The Bertz CT molecular complexity index is 1170. The van der Waals surface area contributed by atoms with Crippen LogP contribution in [0.3, 0.4) is 0 Å². The molecule has 65 heavy (non-hydrogen) atoms. The maximum Gasteiger partial charge on any atom is 0.475 e. The largest absolute Gasteiger partial charge is 0.475 e. The number of hydrogen-bond donors (Lipinski definition) is 2. The molecule has 1 unspecified atom stereocenters. The Labute approximate surface area is 393 Å². The van der Waals surface area contributed by atoms with E-state index >= 15 is 0 Å². The zero-order valence-corrected chi connectivity index (χ0v) is 42.3. The Morgan fingerprint density at radius 3 is 1.22 bits per heavy atom. The van der Waals surface area contributed by atoms with E-state index < -0.39 is 69.1 Å². The van der Waals surface area contributed by atoms with Gasteiger partial charge in [-0.3, -0.25) is 23.2 Å². The van der Waals surface area contributed by atoms with Crippen molar-refractivity contribution in [2.24, 2.45) is 0 Å². The van der Waals surface area contributed by atoms with Gasteiger partial charge in [-0.05, 0) is 12.8 Å². The molecular formula is C48H93O16P. The van der Waals surface area contributed by atoms with Crippen molar-refractivity contribution in [2.75, 3.05) is 62.0 Å². The molecule has 8 atom stereocenters. The molecule has 1 rings (SSSR count). The van der Waals surface area contributed by atoms with Crippen LogP contribution in [0.2, 0.25) is 0 Å². The number of unbranched alkanes of at least 4 members (excludes halogenated alkanes) is 24. The molecule has 0 radical (unpaired) electrons. The number of phosphoric acid groups is 1. The second-order valence-corrected chi connectivity index (χ2v) is 19.1. The highest BCUT2D eigenvalue weighted by Gasteiger charge is 2.55. The van der Waals surface area contributed by atoms with Gasteiger partial charge in [0.2, 0.25) is 0 Å². The molecule has 1 aliphatic carbocycles. The number of ether oxygens (including phenoxy) is 8. The summed E-state index contributed by atoms with van der Waals surface area (Å²) in [7, 11) is 0.610. The first kappa shape index (κ1) is 61.7. The summed E-state index contributed by atoms with van der Waals surface area (Å²) in [6, 6.07) is 0. The van der Waals surface area contributed by atoms with Gasteiger partial charge in [0.05, 0.1) is 6.61 Å². The van der Waals surface area contributed by atoms with Crippen molar-refractivity contribution in [1.82, 2.24) is 0 Å². The van der Waals surface area contributed by atoms with Crippen molar-refractivity contribution < 1.29 is 75.8 Å². The lowest BCUT2D eigenvalue weighted by atomic mass is 9.84. The van der Waals surface area contributed by atoms with E-state index in [2.05, 4.69) is 13.8 Å². The first-order valence-corrected chi connectivity index (χ1v) is 26.6. The normalized spacial score (nSPS) is 21.3. The van der Waals surface area contributed by atoms with E-state index in [1.165, 1.54) is 137 Å². The van der Waals surface area contributed by atoms with Crippen LogP contribution >= 0.6 is 7.82 Å². The second-order valence-electron chi connectivity index (χ2n) is 17.4. The summed E-state index contributed by atoms with van der Waals surface area (Å²) in [4.78, 5) is 26.0. The molecule has 1 aliphatic rings. The minimum absolute atomic E-state index is 0.155. The molecule has 0 amide bonds. The molecule has 386 valence electrons. The highest BCUT2D eigenvalue weighted by atomic mass is 31.2. The molecule has 1 fully saturated rings. The van der Waals surface area contributed by atoms with Gasteiger partial charge in [0, 0.05) is 41.3 Å². The summed E-state index contributed by atoms with van der Waals surface area (Å²) in [5, 5.41) is 22.1. The number of hydrogen-bond acceptors (Lipinski definition) is 16. The lowest BCUT2D eigenvalue weighted by Gasteiger charge is -2.46. The van der Waals surface area contributed by atoms with Gasteiger partial charge in [0.15, 0.2) is 6.10 Å². The number of aliphatic hydroxyl groups excluding tert-OH is 2. The van der Waals surface area contributed by atoms with Crippen LogP contribution in [0.15, 0.2) is 0 Å². The van der Waals surface area contributed by atoms with E-state index in [-0.39, 0.29) is 39.8 Å². The quantitative estimate of drug-likeness (QED) is 0.0253. The molecule has 0 bridgehead atoms. The van der Waals surface area contributed by atoms with Crippen LogP contribution in [-0.2, 0) is 65.6 Å². The zero-order chi connectivity index (χ0) is 47.8. The molecule has 0 aromatic heterocycles. The van der Waals surface area contributed by atoms with Crippen LogP contribution in [0, 0.1) is 0 Å². The minimum Gasteiger partial charge on any atom is -0.462 e. The fraction of sp³-hybridized carbons (Fsp3) is 0.958. The van der Waals surface area contributed by atoms with Gasteiger partial charge in [-0.25, -0.2) is 4.57 Å². The van der Waals surface area contributed by atoms with E-state index in [1.807, 2.05) is 0 Å². The average molecular weight is 957 g/mol. The Morgan fingerprint density at radius 2 is 0.831 bits per heavy atom. The molecular weight excluding hydrogens is 863 g/mol. The number of methoxy groups -OCH3 is 3. The Balaban J connectivity index is 2.87. The summed E-state index contributed by atoms with van der Waals surface area (Å²) in [6.45, 7) is 2.66. The van der Waals surface area contributed by atoms with Crippen LogP contribution in [0.1, 0.15) is 194 Å². The minimum atomic E-state index is -4.60. The number of aliphatic hydroxyl groups is 2. The lowest BCUT2D eigenvalue weighted by Crippen LogP contribution is -2.66. The van der Waals surface area contributed by atoms with Gasteiger partial charge < -0.3 is 48.1 Å². The predicted octanol–water partition coefficient (Wildman–Crippen LogP) is 10.3. The maximum atomic E-state index is 14.2. The molecule has 0 aromatic rings. The van der Waals surface area contributed by atoms with E-state index in [9.17, 15) is 24.4 Å². The molecule has 16 nitrogen and oxygen atoms in total. The van der Waals surface area contributed by atoms with Gasteiger partial charge in [-0.1, -0.05) is 168 Å². The Morgan fingerprint density at radius 1 is 0.477 bits per heavy atom. The highest BCUT2D eigenvalue weighted by molar-refractivity contribution is 7.48. The van der Waals surface area contributed by atoms with Crippen LogP contribution < -0.4 is 0 Å². The second kappa shape index (κ2) is 41.7. The monoisotopic (exact) mass is 957 g/mol. The van der Waals surface area contributed by atoms with Crippen LogP contribution in [0.4, 0.5) is 0 Å². The van der Waals surface area contributed by atoms with Crippen molar-refractivity contribution in [2.45, 2.75) is 236 Å². The predicted molar refractivity (Wildman–Crippen MR) is 249 cm³/mol. The van der Waals surface area contributed by atoms with E-state index in [0.717, 1.165) is 45.6 Å². The van der Waals surface area contributed by atoms with Crippen molar-refractivity contribution >= 4 is 19.8 Å². The van der Waals surface area contributed by atoms with Crippen LogP contribution in [-0.4, -0.2) is 127 Å². The van der Waals surface area contributed by atoms with Gasteiger partial charge >= 0.3 is 19.8 Å². The number of esters is 2. The summed E-state index contributed by atoms with van der Waals surface area (Å²) >= 11 is 0. The Hall–Kier alpha value is -1.27. The number of rotatable bonds is 46. The third-order valence-corrected chi connectivity index (χ3v) is 13.1. The van der Waals surface area contributed by atoms with Crippen molar-refractivity contribution in [3.63, 3.8) is 0 Å². The number of phosphoric ester groups is 1. The summed E-state index contributed by atoms with van der Waals surface area (Å²) < 4.78 is 74.8. The summed E-state index contributed by atoms with van der Waals surface area (Å²) in [6.07, 6.45) is 21.3. The fourth-order valence-corrected chi connectivity index (χ4v) is 9.07. The summed E-state index contributed by atoms with van der Waals surface area (Å²) in [5.74, 6) is -0.948.